The quantitative estimate of drug-likeness (QED) is 0.762. The summed E-state index contributed by atoms with van der Waals surface area (Å²) in [5.41, 5.74) is 2.29. The van der Waals surface area contributed by atoms with E-state index < -0.39 is 0 Å². The van der Waals surface area contributed by atoms with E-state index in [2.05, 4.69) is 41.5 Å². The fraction of sp³-hybridized carbons (Fsp3) is 0.619. The molecule has 5 nitrogen and oxygen atoms in total. The number of benzene rings is 1. The molecule has 1 aromatic heterocycles. The van der Waals surface area contributed by atoms with Crippen LogP contribution in [0.25, 0.3) is 11.0 Å². The van der Waals surface area contributed by atoms with Crippen LogP contribution < -0.4 is 0 Å². The number of piperidine rings is 1. The normalized spacial score (nSPS) is 16.3. The Morgan fingerprint density at radius 3 is 2.65 bits per heavy atom. The van der Waals surface area contributed by atoms with Gasteiger partial charge < -0.3 is 9.47 Å². The van der Waals surface area contributed by atoms with E-state index in [1.54, 1.807) is 0 Å². The van der Waals surface area contributed by atoms with Crippen molar-refractivity contribution in [2.75, 3.05) is 26.7 Å². The number of amides is 1. The molecule has 3 rings (SSSR count). The predicted molar refractivity (Wildman–Crippen MR) is 106 cm³/mol. The molecule has 1 aliphatic rings. The van der Waals surface area contributed by atoms with Gasteiger partial charge in [0.25, 0.3) is 0 Å². The van der Waals surface area contributed by atoms with E-state index in [0.29, 0.717) is 5.91 Å². The Bertz CT molecular complexity index is 731. The van der Waals surface area contributed by atoms with Crippen molar-refractivity contribution in [1.82, 2.24) is 19.4 Å². The Balaban J connectivity index is 1.58. The zero-order valence-electron chi connectivity index (χ0n) is 16.4. The molecule has 0 N–H and O–H groups in total. The Hall–Kier alpha value is -1.88. The van der Waals surface area contributed by atoms with Crippen molar-refractivity contribution in [3.05, 3.63) is 30.1 Å². The number of carbonyl (C=O) groups is 1. The maximum absolute atomic E-state index is 12.6. The molecule has 0 bridgehead atoms. The molecule has 2 aromatic rings. The molecule has 2 heterocycles. The van der Waals surface area contributed by atoms with Crippen molar-refractivity contribution in [3.63, 3.8) is 0 Å². The van der Waals surface area contributed by atoms with Crippen LogP contribution in [0, 0.1) is 5.92 Å². The molecule has 26 heavy (non-hydrogen) atoms. The maximum atomic E-state index is 12.6. The van der Waals surface area contributed by atoms with E-state index in [1.807, 2.05) is 18.0 Å². The predicted octanol–water partition coefficient (Wildman–Crippen LogP) is 3.53. The number of likely N-dealkylation sites (tertiary alicyclic amines) is 1. The first-order valence-electron chi connectivity index (χ1n) is 10.1. The van der Waals surface area contributed by atoms with Crippen LogP contribution in [0.15, 0.2) is 24.3 Å². The van der Waals surface area contributed by atoms with Gasteiger partial charge in [0.2, 0.25) is 5.91 Å². The van der Waals surface area contributed by atoms with Crippen LogP contribution in [0.1, 0.15) is 45.4 Å². The molecule has 0 spiro atoms. The van der Waals surface area contributed by atoms with Crippen molar-refractivity contribution in [3.8, 4) is 0 Å². The highest BCUT2D eigenvalue weighted by Crippen LogP contribution is 2.22. The van der Waals surface area contributed by atoms with Gasteiger partial charge in [-0.2, -0.15) is 0 Å². The van der Waals surface area contributed by atoms with Gasteiger partial charge in [-0.05, 0) is 51.4 Å². The van der Waals surface area contributed by atoms with Gasteiger partial charge in [0.15, 0.2) is 0 Å². The summed E-state index contributed by atoms with van der Waals surface area (Å²) in [6.45, 7) is 8.99. The number of unbranched alkanes of at least 4 members (excludes halogenated alkanes) is 1. The molecule has 0 radical (unpaired) electrons. The number of carbonyl (C=O) groups excluding carboxylic acids is 1. The lowest BCUT2D eigenvalue weighted by Gasteiger charge is -2.33. The van der Waals surface area contributed by atoms with E-state index >= 15 is 0 Å². The molecule has 1 fully saturated rings. The molecule has 1 aromatic carbocycles. The molecule has 1 amide bonds. The summed E-state index contributed by atoms with van der Waals surface area (Å²) in [4.78, 5) is 21.8. The average Bonchev–Trinajstić information content (AvgIpc) is 3.03. The minimum absolute atomic E-state index is 0.193. The van der Waals surface area contributed by atoms with Crippen LogP contribution in [0.3, 0.4) is 0 Å². The number of fused-ring (bicyclic) bond motifs is 1. The van der Waals surface area contributed by atoms with E-state index in [-0.39, 0.29) is 5.92 Å². The van der Waals surface area contributed by atoms with E-state index in [4.69, 9.17) is 4.98 Å². The van der Waals surface area contributed by atoms with Crippen LogP contribution in [-0.2, 0) is 17.9 Å². The van der Waals surface area contributed by atoms with Crippen LogP contribution >= 0.6 is 0 Å². The van der Waals surface area contributed by atoms with E-state index in [9.17, 15) is 4.79 Å². The third kappa shape index (κ3) is 4.09. The lowest BCUT2D eigenvalue weighted by molar-refractivity contribution is -0.135. The highest BCUT2D eigenvalue weighted by molar-refractivity contribution is 5.78. The summed E-state index contributed by atoms with van der Waals surface area (Å²) >= 11 is 0. The number of para-hydroxylation sites is 2. The van der Waals surface area contributed by atoms with E-state index in [1.165, 1.54) is 5.52 Å². The molecule has 0 atom stereocenters. The highest BCUT2D eigenvalue weighted by atomic mass is 16.2. The molecule has 1 aliphatic heterocycles. The van der Waals surface area contributed by atoms with Crippen LogP contribution in [0.5, 0.6) is 0 Å². The van der Waals surface area contributed by atoms with Crippen molar-refractivity contribution in [1.29, 1.82) is 0 Å². The summed E-state index contributed by atoms with van der Waals surface area (Å²) in [6, 6.07) is 8.35. The first-order chi connectivity index (χ1) is 12.6. The van der Waals surface area contributed by atoms with Crippen molar-refractivity contribution >= 4 is 16.9 Å². The fourth-order valence-electron chi connectivity index (χ4n) is 3.95. The molecule has 0 aliphatic carbocycles. The summed E-state index contributed by atoms with van der Waals surface area (Å²) in [6.07, 6.45) is 4.14. The van der Waals surface area contributed by atoms with Crippen LogP contribution in [0.4, 0.5) is 0 Å². The number of imidazole rings is 1. The third-order valence-electron chi connectivity index (χ3n) is 5.57. The van der Waals surface area contributed by atoms with Crippen LogP contribution in [-0.4, -0.2) is 51.9 Å². The Kier molecular flexibility index (Phi) is 6.30. The molecular formula is C21H32N4O. The Morgan fingerprint density at radius 1 is 1.23 bits per heavy atom. The van der Waals surface area contributed by atoms with Gasteiger partial charge in [-0.15, -0.1) is 0 Å². The SMILES string of the molecule is CCCCN(C)C(=O)C1CCN(Cc2nc3ccccc3n2CC)CC1. The zero-order chi connectivity index (χ0) is 18.5. The Labute approximate surface area is 157 Å². The summed E-state index contributed by atoms with van der Waals surface area (Å²) in [5, 5.41) is 0. The second-order valence-electron chi connectivity index (χ2n) is 7.42. The molecule has 0 saturated carbocycles. The van der Waals surface area contributed by atoms with Gasteiger partial charge in [-0.3, -0.25) is 9.69 Å². The topological polar surface area (TPSA) is 41.4 Å². The van der Waals surface area contributed by atoms with Crippen molar-refractivity contribution in [2.24, 2.45) is 5.92 Å². The average molecular weight is 357 g/mol. The number of aryl methyl sites for hydroxylation is 1. The van der Waals surface area contributed by atoms with Crippen molar-refractivity contribution < 1.29 is 4.79 Å². The number of rotatable bonds is 7. The van der Waals surface area contributed by atoms with Gasteiger partial charge in [-0.25, -0.2) is 4.98 Å². The minimum Gasteiger partial charge on any atom is -0.346 e. The molecule has 0 unspecified atom stereocenters. The van der Waals surface area contributed by atoms with Crippen LogP contribution in [0.2, 0.25) is 0 Å². The largest absolute Gasteiger partial charge is 0.346 e. The van der Waals surface area contributed by atoms with Crippen molar-refractivity contribution in [2.45, 2.75) is 52.6 Å². The lowest BCUT2D eigenvalue weighted by Crippen LogP contribution is -2.41. The summed E-state index contributed by atoms with van der Waals surface area (Å²) in [5.74, 6) is 1.66. The van der Waals surface area contributed by atoms with E-state index in [0.717, 1.165) is 69.7 Å². The number of aromatic nitrogens is 2. The number of nitrogens with zero attached hydrogens (tertiary/aromatic N) is 4. The standard InChI is InChI=1S/C21H32N4O/c1-4-6-13-23(3)21(26)17-11-14-24(15-12-17)16-20-22-18-9-7-8-10-19(18)25(20)5-2/h7-10,17H,4-6,11-16H2,1-3H3. The molecule has 5 heteroatoms. The maximum Gasteiger partial charge on any atom is 0.225 e. The van der Waals surface area contributed by atoms with Gasteiger partial charge in [0.1, 0.15) is 5.82 Å². The summed E-state index contributed by atoms with van der Waals surface area (Å²) in [7, 11) is 1.95. The molecule has 1 saturated heterocycles. The minimum atomic E-state index is 0.193. The lowest BCUT2D eigenvalue weighted by atomic mass is 9.95. The fourth-order valence-corrected chi connectivity index (χ4v) is 3.95. The number of hydrogen-bond donors (Lipinski definition) is 0. The van der Waals surface area contributed by atoms with Gasteiger partial charge in [0.05, 0.1) is 17.6 Å². The first-order valence-corrected chi connectivity index (χ1v) is 10.1. The van der Waals surface area contributed by atoms with Gasteiger partial charge in [0, 0.05) is 26.1 Å². The Morgan fingerprint density at radius 2 is 1.96 bits per heavy atom. The zero-order valence-corrected chi connectivity index (χ0v) is 16.4. The molecular weight excluding hydrogens is 324 g/mol. The molecule has 142 valence electrons. The first kappa shape index (κ1) is 18.9. The highest BCUT2D eigenvalue weighted by Gasteiger charge is 2.27. The smallest absolute Gasteiger partial charge is 0.225 e. The third-order valence-corrected chi connectivity index (χ3v) is 5.57. The number of hydrogen-bond acceptors (Lipinski definition) is 3. The van der Waals surface area contributed by atoms with Gasteiger partial charge in [-0.1, -0.05) is 25.5 Å². The second-order valence-corrected chi connectivity index (χ2v) is 7.42. The van der Waals surface area contributed by atoms with Gasteiger partial charge >= 0.3 is 0 Å². The second kappa shape index (κ2) is 8.67. The summed E-state index contributed by atoms with van der Waals surface area (Å²) < 4.78 is 2.31. The monoisotopic (exact) mass is 356 g/mol.